The second-order valence-electron chi connectivity index (χ2n) is 22.8. The van der Waals surface area contributed by atoms with Crippen LogP contribution in [0.4, 0.5) is 34.1 Å². The summed E-state index contributed by atoms with van der Waals surface area (Å²) in [6.45, 7) is 9.15. The molecule has 4 nitrogen and oxygen atoms in total. The topological polar surface area (TPSA) is 32.8 Å². The number of benzene rings is 13. The largest absolute Gasteiger partial charge is 0.456 e. The summed E-state index contributed by atoms with van der Waals surface area (Å²) in [6, 6.07) is 101. The van der Waals surface area contributed by atoms with Crippen LogP contribution in [0.25, 0.3) is 110 Å². The molecule has 0 saturated carbocycles. The molecule has 0 aliphatic carbocycles. The van der Waals surface area contributed by atoms with Crippen LogP contribution in [0.15, 0.2) is 288 Å². The number of hydrogen-bond donors (Lipinski definition) is 0. The number of nitrogens with zero attached hydrogens (tertiary/aromatic N) is 2. The van der Waals surface area contributed by atoms with Gasteiger partial charge >= 0.3 is 0 Å². The molecule has 4 heteroatoms. The van der Waals surface area contributed by atoms with Crippen molar-refractivity contribution in [3.63, 3.8) is 0 Å². The highest BCUT2D eigenvalue weighted by atomic mass is 16.3. The van der Waals surface area contributed by atoms with Gasteiger partial charge in [0.1, 0.15) is 22.3 Å². The Kier molecular flexibility index (Phi) is 12.5. The lowest BCUT2D eigenvalue weighted by molar-refractivity contribution is 0.649. The van der Waals surface area contributed by atoms with Gasteiger partial charge in [0.15, 0.2) is 0 Å². The highest BCUT2D eigenvalue weighted by Crippen LogP contribution is 2.51. The molecule has 0 unspecified atom stereocenters. The summed E-state index contributed by atoms with van der Waals surface area (Å²) in [5, 5.41) is 8.95. The summed E-state index contributed by atoms with van der Waals surface area (Å²) in [5.41, 5.74) is 21.7. The zero-order valence-corrected chi connectivity index (χ0v) is 47.4. The Balaban J connectivity index is 0.891. The van der Waals surface area contributed by atoms with Crippen LogP contribution in [-0.2, 0) is 0 Å². The van der Waals surface area contributed by atoms with E-state index in [9.17, 15) is 0 Å². The van der Waals surface area contributed by atoms with Crippen LogP contribution >= 0.6 is 0 Å². The first-order valence-electron chi connectivity index (χ1n) is 29.3. The van der Waals surface area contributed by atoms with Gasteiger partial charge < -0.3 is 18.6 Å². The number of rotatable bonds is 12. The van der Waals surface area contributed by atoms with Crippen LogP contribution in [0.1, 0.15) is 50.7 Å². The van der Waals surface area contributed by atoms with Crippen LogP contribution in [-0.4, -0.2) is 0 Å². The summed E-state index contributed by atoms with van der Waals surface area (Å²) >= 11 is 0. The van der Waals surface area contributed by atoms with Crippen molar-refractivity contribution in [1.29, 1.82) is 0 Å². The minimum Gasteiger partial charge on any atom is -0.456 e. The van der Waals surface area contributed by atoms with Crippen molar-refractivity contribution in [3.8, 4) is 44.5 Å². The van der Waals surface area contributed by atoms with Crippen LogP contribution < -0.4 is 9.80 Å². The van der Waals surface area contributed by atoms with E-state index in [4.69, 9.17) is 8.83 Å². The molecule has 15 rings (SSSR count). The van der Waals surface area contributed by atoms with E-state index in [-0.39, 0.29) is 11.8 Å². The smallest absolute Gasteiger partial charge is 0.140 e. The summed E-state index contributed by atoms with van der Waals surface area (Å²) < 4.78 is 14.6. The lowest BCUT2D eigenvalue weighted by Crippen LogP contribution is -2.11. The second kappa shape index (κ2) is 20.8. The Labute approximate surface area is 489 Å². The van der Waals surface area contributed by atoms with Crippen LogP contribution in [0.2, 0.25) is 0 Å². The highest BCUT2D eigenvalue weighted by Gasteiger charge is 2.29. The standard InChI is InChI=1S/C80H60N2O2/c1-51(2)75-77-69-45-57-35-39-65(81(63-31-19-9-20-32-63)71-47-59(53-23-11-5-12-24-53)37-41-67(71)55-27-15-7-16-28-55)43-61(57)49-73(69)84-80(77)76(52(3)4)78-70-46-58-36-40-66(44-62(58)50-74(70)83-79(75)78)82(64-33-21-10-22-34-64)72-48-60(54-25-13-6-14-26-54)38-42-68(72)56-29-17-8-18-30-56/h5-52H,1-4H3. The van der Waals surface area contributed by atoms with Gasteiger partial charge in [-0.05, 0) is 152 Å². The number of fused-ring (bicyclic) bond motifs is 8. The molecular formula is C80H60N2O2. The average molecular weight is 1080 g/mol. The van der Waals surface area contributed by atoms with Crippen molar-refractivity contribution >= 4 is 99.5 Å². The molecule has 0 radical (unpaired) electrons. The molecule has 0 saturated heterocycles. The SMILES string of the molecule is CC(C)c1c2oc3cc4cc(N(c5ccccc5)c5cc(-c6ccccc6)ccc5-c5ccccc5)ccc4cc3c2c(C(C)C)c2oc3cc4cc(N(c5ccccc5)c5cc(-c6ccccc6)ccc5-c5ccccc5)ccc4cc3c12. The van der Waals surface area contributed by atoms with Gasteiger partial charge in [-0.3, -0.25) is 0 Å². The summed E-state index contributed by atoms with van der Waals surface area (Å²) in [7, 11) is 0. The van der Waals surface area contributed by atoms with E-state index in [1.54, 1.807) is 0 Å². The fraction of sp³-hybridized carbons (Fsp3) is 0.0750. The third-order valence-electron chi connectivity index (χ3n) is 16.9. The molecule has 402 valence electrons. The molecule has 2 aromatic heterocycles. The van der Waals surface area contributed by atoms with E-state index in [2.05, 4.69) is 317 Å². The quantitative estimate of drug-likeness (QED) is 0.122. The first-order valence-corrected chi connectivity index (χ1v) is 29.3. The van der Waals surface area contributed by atoms with Gasteiger partial charge in [0.2, 0.25) is 0 Å². The van der Waals surface area contributed by atoms with Crippen molar-refractivity contribution < 1.29 is 8.83 Å². The molecule has 0 fully saturated rings. The molecule has 0 spiro atoms. The second-order valence-corrected chi connectivity index (χ2v) is 22.8. The Morgan fingerprint density at radius 2 is 0.619 bits per heavy atom. The molecule has 0 atom stereocenters. The zero-order valence-electron chi connectivity index (χ0n) is 47.4. The van der Waals surface area contributed by atoms with E-state index in [1.165, 1.54) is 22.3 Å². The predicted octanol–water partition coefficient (Wildman–Crippen LogP) is 23.6. The lowest BCUT2D eigenvalue weighted by Gasteiger charge is -2.29. The van der Waals surface area contributed by atoms with Crippen LogP contribution in [0.5, 0.6) is 0 Å². The molecule has 84 heavy (non-hydrogen) atoms. The predicted molar refractivity (Wildman–Crippen MR) is 355 cm³/mol. The zero-order chi connectivity index (χ0) is 56.4. The summed E-state index contributed by atoms with van der Waals surface area (Å²) in [4.78, 5) is 4.81. The number of furan rings is 2. The average Bonchev–Trinajstić information content (AvgIpc) is 1.75. The van der Waals surface area contributed by atoms with Crippen molar-refractivity contribution in [2.75, 3.05) is 9.80 Å². The minimum atomic E-state index is 0.131. The molecule has 0 amide bonds. The first-order chi connectivity index (χ1) is 41.3. The van der Waals surface area contributed by atoms with Crippen molar-refractivity contribution in [2.24, 2.45) is 0 Å². The normalized spacial score (nSPS) is 11.8. The fourth-order valence-corrected chi connectivity index (χ4v) is 13.0. The van der Waals surface area contributed by atoms with Crippen molar-refractivity contribution in [1.82, 2.24) is 0 Å². The third-order valence-corrected chi connectivity index (χ3v) is 16.9. The molecular weight excluding hydrogens is 1020 g/mol. The molecule has 0 aliphatic heterocycles. The van der Waals surface area contributed by atoms with Crippen LogP contribution in [0, 0.1) is 0 Å². The Morgan fingerprint density at radius 3 is 0.976 bits per heavy atom. The maximum Gasteiger partial charge on any atom is 0.140 e. The van der Waals surface area contributed by atoms with Gasteiger partial charge in [-0.25, -0.2) is 0 Å². The highest BCUT2D eigenvalue weighted by molar-refractivity contribution is 6.22. The number of hydrogen-bond acceptors (Lipinski definition) is 4. The Bertz CT molecular complexity index is 4620. The molecule has 0 bridgehead atoms. The van der Waals surface area contributed by atoms with Gasteiger partial charge in [-0.15, -0.1) is 0 Å². The molecule has 2 heterocycles. The monoisotopic (exact) mass is 1080 g/mol. The Morgan fingerprint density at radius 1 is 0.274 bits per heavy atom. The van der Waals surface area contributed by atoms with Gasteiger partial charge in [0, 0.05) is 66.5 Å². The first kappa shape index (κ1) is 50.5. The molecule has 0 N–H and O–H groups in total. The maximum absolute atomic E-state index is 7.31. The minimum absolute atomic E-state index is 0.131. The van der Waals surface area contributed by atoms with E-state index in [1.807, 2.05) is 0 Å². The van der Waals surface area contributed by atoms with Crippen molar-refractivity contribution in [2.45, 2.75) is 39.5 Å². The van der Waals surface area contributed by atoms with E-state index in [0.717, 1.165) is 133 Å². The summed E-state index contributed by atoms with van der Waals surface area (Å²) in [5.74, 6) is 0.262. The van der Waals surface area contributed by atoms with E-state index < -0.39 is 0 Å². The number of anilines is 6. The van der Waals surface area contributed by atoms with Crippen LogP contribution in [0.3, 0.4) is 0 Å². The number of para-hydroxylation sites is 2. The fourth-order valence-electron chi connectivity index (χ4n) is 13.0. The molecule has 13 aromatic carbocycles. The third kappa shape index (κ3) is 8.78. The molecule has 15 aromatic rings. The van der Waals surface area contributed by atoms with Gasteiger partial charge in [0.25, 0.3) is 0 Å². The van der Waals surface area contributed by atoms with Crippen molar-refractivity contribution in [3.05, 3.63) is 290 Å². The van der Waals surface area contributed by atoms with Gasteiger partial charge in [-0.2, -0.15) is 0 Å². The molecule has 0 aliphatic rings. The Hall–Kier alpha value is -10.4. The van der Waals surface area contributed by atoms with Gasteiger partial charge in [-0.1, -0.05) is 222 Å². The maximum atomic E-state index is 7.31. The van der Waals surface area contributed by atoms with E-state index in [0.29, 0.717) is 0 Å². The van der Waals surface area contributed by atoms with Gasteiger partial charge in [0.05, 0.1) is 11.4 Å². The van der Waals surface area contributed by atoms with E-state index >= 15 is 0 Å². The summed E-state index contributed by atoms with van der Waals surface area (Å²) in [6.07, 6.45) is 0. The lowest BCUT2D eigenvalue weighted by atomic mass is 9.87.